The second-order valence-corrected chi connectivity index (χ2v) is 8.69. The van der Waals surface area contributed by atoms with Gasteiger partial charge in [0.1, 0.15) is 0 Å². The molecule has 0 radical (unpaired) electrons. The topological polar surface area (TPSA) is 82.8 Å². The van der Waals surface area contributed by atoms with Crippen LogP contribution in [-0.2, 0) is 23.6 Å². The number of aromatic nitrogens is 2. The summed E-state index contributed by atoms with van der Waals surface area (Å²) in [5, 5.41) is 7.67. The standard InChI is InChI=1S/C17H34N6O2S/c1-8-23(9-2)26(24,25)11-10-19-17(18-5)21(6)12-15-13-22(7)20-16(15)14(3)4/h13-14H,8-12H2,1-7H3,(H,18,19). The van der Waals surface area contributed by atoms with Gasteiger partial charge in [0.25, 0.3) is 0 Å². The summed E-state index contributed by atoms with van der Waals surface area (Å²) in [6.45, 7) is 9.90. The maximum absolute atomic E-state index is 12.3. The van der Waals surface area contributed by atoms with E-state index in [1.54, 1.807) is 7.05 Å². The van der Waals surface area contributed by atoms with E-state index in [1.165, 1.54) is 4.31 Å². The molecule has 0 aliphatic rings. The lowest BCUT2D eigenvalue weighted by atomic mass is 10.1. The number of sulfonamides is 1. The fraction of sp³-hybridized carbons (Fsp3) is 0.765. The molecule has 0 aliphatic heterocycles. The number of aliphatic imine (C=N–C) groups is 1. The average molecular weight is 387 g/mol. The molecule has 26 heavy (non-hydrogen) atoms. The first kappa shape index (κ1) is 22.4. The Hall–Kier alpha value is -1.61. The quantitative estimate of drug-likeness (QED) is 0.510. The van der Waals surface area contributed by atoms with Crippen LogP contribution in [0.1, 0.15) is 44.9 Å². The highest BCUT2D eigenvalue weighted by atomic mass is 32.2. The lowest BCUT2D eigenvalue weighted by Gasteiger charge is -2.23. The van der Waals surface area contributed by atoms with Crippen molar-refractivity contribution >= 4 is 16.0 Å². The number of guanidine groups is 1. The van der Waals surface area contributed by atoms with Gasteiger partial charge in [-0.3, -0.25) is 9.67 Å². The first-order valence-corrected chi connectivity index (χ1v) is 10.7. The molecule has 0 saturated heterocycles. The van der Waals surface area contributed by atoms with E-state index in [9.17, 15) is 8.42 Å². The van der Waals surface area contributed by atoms with Gasteiger partial charge in [0, 0.05) is 59.1 Å². The first-order valence-electron chi connectivity index (χ1n) is 9.08. The molecule has 9 heteroatoms. The van der Waals surface area contributed by atoms with Crippen molar-refractivity contribution in [1.29, 1.82) is 0 Å². The fourth-order valence-electron chi connectivity index (χ4n) is 2.92. The number of hydrogen-bond acceptors (Lipinski definition) is 4. The molecule has 0 amide bonds. The Morgan fingerprint density at radius 1 is 1.35 bits per heavy atom. The zero-order valence-electron chi connectivity index (χ0n) is 17.2. The minimum Gasteiger partial charge on any atom is -0.355 e. The van der Waals surface area contributed by atoms with Gasteiger partial charge in [-0.05, 0) is 5.92 Å². The van der Waals surface area contributed by atoms with Crippen molar-refractivity contribution in [3.8, 4) is 0 Å². The van der Waals surface area contributed by atoms with Crippen molar-refractivity contribution in [2.45, 2.75) is 40.2 Å². The summed E-state index contributed by atoms with van der Waals surface area (Å²) in [5.41, 5.74) is 2.21. The smallest absolute Gasteiger partial charge is 0.215 e. The molecule has 0 aliphatic carbocycles. The molecule has 1 N–H and O–H groups in total. The third-order valence-electron chi connectivity index (χ3n) is 4.21. The van der Waals surface area contributed by atoms with Gasteiger partial charge in [-0.1, -0.05) is 27.7 Å². The minimum atomic E-state index is -3.24. The summed E-state index contributed by atoms with van der Waals surface area (Å²) in [6, 6.07) is 0. The molecule has 0 bridgehead atoms. The molecule has 1 heterocycles. The highest BCUT2D eigenvalue weighted by molar-refractivity contribution is 7.89. The van der Waals surface area contributed by atoms with E-state index in [1.807, 2.05) is 43.7 Å². The predicted octanol–water partition coefficient (Wildman–Crippen LogP) is 1.22. The van der Waals surface area contributed by atoms with Crippen LogP contribution in [0.25, 0.3) is 0 Å². The molecule has 0 spiro atoms. The summed E-state index contributed by atoms with van der Waals surface area (Å²) in [6.07, 6.45) is 2.02. The van der Waals surface area contributed by atoms with Crippen LogP contribution in [-0.4, -0.2) is 72.8 Å². The van der Waals surface area contributed by atoms with Crippen molar-refractivity contribution in [2.24, 2.45) is 12.0 Å². The van der Waals surface area contributed by atoms with Crippen LogP contribution < -0.4 is 5.32 Å². The summed E-state index contributed by atoms with van der Waals surface area (Å²) < 4.78 is 27.8. The molecule has 0 atom stereocenters. The highest BCUT2D eigenvalue weighted by Crippen LogP contribution is 2.18. The van der Waals surface area contributed by atoms with Crippen molar-refractivity contribution in [2.75, 3.05) is 39.5 Å². The summed E-state index contributed by atoms with van der Waals surface area (Å²) in [4.78, 5) is 6.25. The summed E-state index contributed by atoms with van der Waals surface area (Å²) in [7, 11) is 2.31. The molecule has 0 saturated carbocycles. The van der Waals surface area contributed by atoms with E-state index in [0.29, 0.717) is 38.1 Å². The van der Waals surface area contributed by atoms with E-state index < -0.39 is 10.0 Å². The van der Waals surface area contributed by atoms with Gasteiger partial charge in [-0.25, -0.2) is 12.7 Å². The van der Waals surface area contributed by atoms with Gasteiger partial charge < -0.3 is 10.2 Å². The highest BCUT2D eigenvalue weighted by Gasteiger charge is 2.19. The van der Waals surface area contributed by atoms with E-state index in [0.717, 1.165) is 11.3 Å². The van der Waals surface area contributed by atoms with E-state index in [-0.39, 0.29) is 5.75 Å². The maximum atomic E-state index is 12.3. The van der Waals surface area contributed by atoms with Crippen LogP contribution >= 0.6 is 0 Å². The van der Waals surface area contributed by atoms with Crippen LogP contribution in [0.4, 0.5) is 0 Å². The van der Waals surface area contributed by atoms with Crippen LogP contribution in [0, 0.1) is 0 Å². The second-order valence-electron chi connectivity index (χ2n) is 6.60. The molecule has 0 fully saturated rings. The normalized spacial score (nSPS) is 12.9. The van der Waals surface area contributed by atoms with Crippen molar-refractivity contribution in [1.82, 2.24) is 24.3 Å². The van der Waals surface area contributed by atoms with Crippen LogP contribution in [0.15, 0.2) is 11.2 Å². The Morgan fingerprint density at radius 3 is 2.46 bits per heavy atom. The molecular weight excluding hydrogens is 352 g/mol. The Balaban J connectivity index is 2.70. The summed E-state index contributed by atoms with van der Waals surface area (Å²) in [5.74, 6) is 1.05. The molecule has 1 aromatic rings. The van der Waals surface area contributed by atoms with E-state index in [4.69, 9.17) is 0 Å². The molecule has 150 valence electrons. The molecule has 1 rings (SSSR count). The van der Waals surface area contributed by atoms with Gasteiger partial charge in [-0.2, -0.15) is 5.10 Å². The Kier molecular flexibility index (Phi) is 8.55. The molecule has 0 aromatic carbocycles. The zero-order valence-corrected chi connectivity index (χ0v) is 18.0. The zero-order chi connectivity index (χ0) is 19.9. The van der Waals surface area contributed by atoms with Crippen molar-refractivity contribution < 1.29 is 8.42 Å². The van der Waals surface area contributed by atoms with Crippen molar-refractivity contribution in [3.05, 3.63) is 17.5 Å². The number of nitrogens with one attached hydrogen (secondary N) is 1. The summed E-state index contributed by atoms with van der Waals surface area (Å²) >= 11 is 0. The third kappa shape index (κ3) is 5.98. The second kappa shape index (κ2) is 9.91. The van der Waals surface area contributed by atoms with E-state index >= 15 is 0 Å². The number of nitrogens with zero attached hydrogens (tertiary/aromatic N) is 5. The van der Waals surface area contributed by atoms with Gasteiger partial charge in [0.05, 0.1) is 11.4 Å². The monoisotopic (exact) mass is 386 g/mol. The van der Waals surface area contributed by atoms with Gasteiger partial charge in [0.15, 0.2) is 5.96 Å². The van der Waals surface area contributed by atoms with Crippen LogP contribution in [0.5, 0.6) is 0 Å². The van der Waals surface area contributed by atoms with Crippen LogP contribution in [0.2, 0.25) is 0 Å². The van der Waals surface area contributed by atoms with Gasteiger partial charge in [-0.15, -0.1) is 0 Å². The van der Waals surface area contributed by atoms with E-state index in [2.05, 4.69) is 29.3 Å². The van der Waals surface area contributed by atoms with Crippen LogP contribution in [0.3, 0.4) is 0 Å². The molecule has 8 nitrogen and oxygen atoms in total. The fourth-order valence-corrected chi connectivity index (χ4v) is 4.32. The predicted molar refractivity (Wildman–Crippen MR) is 107 cm³/mol. The molecule has 0 unspecified atom stereocenters. The number of rotatable bonds is 9. The average Bonchev–Trinajstić information content (AvgIpc) is 2.93. The molecule has 1 aromatic heterocycles. The Labute approximate surface area is 158 Å². The van der Waals surface area contributed by atoms with Gasteiger partial charge in [0.2, 0.25) is 10.0 Å². The lowest BCUT2D eigenvalue weighted by Crippen LogP contribution is -2.42. The number of hydrogen-bond donors (Lipinski definition) is 1. The SMILES string of the molecule is CCN(CC)S(=O)(=O)CCNC(=NC)N(C)Cc1cn(C)nc1C(C)C. The largest absolute Gasteiger partial charge is 0.355 e. The van der Waals surface area contributed by atoms with Gasteiger partial charge >= 0.3 is 0 Å². The van der Waals surface area contributed by atoms with Crippen molar-refractivity contribution in [3.63, 3.8) is 0 Å². The number of aryl methyl sites for hydroxylation is 1. The molecular formula is C17H34N6O2S. The maximum Gasteiger partial charge on any atom is 0.215 e. The minimum absolute atomic E-state index is 0.0473. The lowest BCUT2D eigenvalue weighted by molar-refractivity contribution is 0.443. The third-order valence-corrected chi connectivity index (χ3v) is 6.23. The first-order chi connectivity index (χ1) is 12.2. The Bertz CT molecular complexity index is 692. The Morgan fingerprint density at radius 2 is 1.96 bits per heavy atom.